The van der Waals surface area contributed by atoms with Gasteiger partial charge in [-0.1, -0.05) is 32.1 Å². The minimum atomic E-state index is 0.0721. The number of rotatable bonds is 4. The van der Waals surface area contributed by atoms with Gasteiger partial charge in [0.25, 0.3) is 0 Å². The molecule has 0 aliphatic heterocycles. The standard InChI is InChI=1S/C18H27ClO2/c1-13-11-16(20-2)17(21-3)12-15(13)18(19)14-9-7-5-4-6-8-10-14/h11-12,14,18H,4-10H2,1-3H3. The van der Waals surface area contributed by atoms with E-state index in [1.165, 1.54) is 56.1 Å². The van der Waals surface area contributed by atoms with E-state index in [0.29, 0.717) is 5.92 Å². The molecule has 1 aromatic rings. The summed E-state index contributed by atoms with van der Waals surface area (Å²) in [5, 5.41) is 0.0721. The van der Waals surface area contributed by atoms with Crippen LogP contribution in [0.25, 0.3) is 0 Å². The van der Waals surface area contributed by atoms with Gasteiger partial charge in [-0.15, -0.1) is 11.6 Å². The zero-order valence-corrected chi connectivity index (χ0v) is 14.2. The molecule has 0 heterocycles. The van der Waals surface area contributed by atoms with E-state index >= 15 is 0 Å². The molecule has 0 bridgehead atoms. The Morgan fingerprint density at radius 2 is 1.48 bits per heavy atom. The van der Waals surface area contributed by atoms with Gasteiger partial charge in [0.05, 0.1) is 19.6 Å². The molecule has 2 rings (SSSR count). The second kappa shape index (κ2) is 7.93. The van der Waals surface area contributed by atoms with E-state index in [1.807, 2.05) is 6.07 Å². The monoisotopic (exact) mass is 310 g/mol. The number of methoxy groups -OCH3 is 2. The van der Waals surface area contributed by atoms with Gasteiger partial charge in [-0.25, -0.2) is 0 Å². The lowest BCUT2D eigenvalue weighted by Crippen LogP contribution is -2.12. The Kier molecular flexibility index (Phi) is 6.22. The SMILES string of the molecule is COc1cc(C)c(C(Cl)C2CCCCCCC2)cc1OC. The lowest BCUT2D eigenvalue weighted by atomic mass is 9.85. The number of alkyl halides is 1. The predicted octanol–water partition coefficient (Wildman–Crippen LogP) is 5.65. The smallest absolute Gasteiger partial charge is 0.161 e. The van der Waals surface area contributed by atoms with Crippen molar-refractivity contribution < 1.29 is 9.47 Å². The largest absolute Gasteiger partial charge is 0.493 e. The average molecular weight is 311 g/mol. The third-order valence-electron chi connectivity index (χ3n) is 4.63. The summed E-state index contributed by atoms with van der Waals surface area (Å²) in [6.45, 7) is 2.11. The Hall–Kier alpha value is -0.890. The third-order valence-corrected chi connectivity index (χ3v) is 5.22. The first kappa shape index (κ1) is 16.5. The molecule has 1 unspecified atom stereocenters. The van der Waals surface area contributed by atoms with Crippen LogP contribution in [0, 0.1) is 12.8 Å². The van der Waals surface area contributed by atoms with Crippen LogP contribution in [0.3, 0.4) is 0 Å². The average Bonchev–Trinajstić information content (AvgIpc) is 2.46. The third kappa shape index (κ3) is 4.06. The Balaban J connectivity index is 2.22. The van der Waals surface area contributed by atoms with Gasteiger partial charge in [0.2, 0.25) is 0 Å². The summed E-state index contributed by atoms with van der Waals surface area (Å²) in [6, 6.07) is 4.09. The number of aryl methyl sites for hydroxylation is 1. The van der Waals surface area contributed by atoms with Crippen LogP contribution < -0.4 is 9.47 Å². The van der Waals surface area contributed by atoms with Crippen molar-refractivity contribution in [2.75, 3.05) is 14.2 Å². The van der Waals surface area contributed by atoms with E-state index in [0.717, 1.165) is 11.5 Å². The van der Waals surface area contributed by atoms with Gasteiger partial charge < -0.3 is 9.47 Å². The molecule has 0 amide bonds. The van der Waals surface area contributed by atoms with Crippen molar-refractivity contribution in [2.24, 2.45) is 5.92 Å². The first-order valence-electron chi connectivity index (χ1n) is 8.04. The van der Waals surface area contributed by atoms with Crippen molar-refractivity contribution in [1.82, 2.24) is 0 Å². The molecule has 0 radical (unpaired) electrons. The molecule has 0 spiro atoms. The number of halogens is 1. The second-order valence-electron chi connectivity index (χ2n) is 6.07. The van der Waals surface area contributed by atoms with Gasteiger partial charge in [-0.2, -0.15) is 0 Å². The molecule has 1 aliphatic rings. The quantitative estimate of drug-likeness (QED) is 0.669. The first-order valence-corrected chi connectivity index (χ1v) is 8.47. The van der Waals surface area contributed by atoms with Crippen LogP contribution in [-0.2, 0) is 0 Å². The van der Waals surface area contributed by atoms with Crippen LogP contribution in [-0.4, -0.2) is 14.2 Å². The van der Waals surface area contributed by atoms with Crippen molar-refractivity contribution in [3.8, 4) is 11.5 Å². The summed E-state index contributed by atoms with van der Waals surface area (Å²) in [5.74, 6) is 2.12. The number of hydrogen-bond donors (Lipinski definition) is 0. The molecule has 21 heavy (non-hydrogen) atoms. The first-order chi connectivity index (χ1) is 10.2. The number of ether oxygens (including phenoxy) is 2. The Morgan fingerprint density at radius 3 is 2.05 bits per heavy atom. The molecule has 1 aliphatic carbocycles. The number of benzene rings is 1. The highest BCUT2D eigenvalue weighted by Gasteiger charge is 2.24. The van der Waals surface area contributed by atoms with E-state index in [1.54, 1.807) is 14.2 Å². The summed E-state index contributed by atoms with van der Waals surface area (Å²) < 4.78 is 10.8. The molecule has 1 saturated carbocycles. The van der Waals surface area contributed by atoms with Crippen LogP contribution in [0.15, 0.2) is 12.1 Å². The van der Waals surface area contributed by atoms with Crippen LogP contribution >= 0.6 is 11.6 Å². The lowest BCUT2D eigenvalue weighted by Gasteiger charge is -2.26. The highest BCUT2D eigenvalue weighted by Crippen LogP contribution is 2.42. The molecule has 0 N–H and O–H groups in total. The van der Waals surface area contributed by atoms with Crippen molar-refractivity contribution in [1.29, 1.82) is 0 Å². The molecule has 1 aromatic carbocycles. The fourth-order valence-corrected chi connectivity index (χ4v) is 3.81. The maximum Gasteiger partial charge on any atom is 0.161 e. The predicted molar refractivity (Wildman–Crippen MR) is 88.7 cm³/mol. The molecular weight excluding hydrogens is 284 g/mol. The molecule has 1 atom stereocenters. The molecule has 3 heteroatoms. The van der Waals surface area contributed by atoms with Gasteiger partial charge in [0.15, 0.2) is 11.5 Å². The highest BCUT2D eigenvalue weighted by atomic mass is 35.5. The summed E-state index contributed by atoms with van der Waals surface area (Å²) in [7, 11) is 3.35. The highest BCUT2D eigenvalue weighted by molar-refractivity contribution is 6.21. The zero-order valence-electron chi connectivity index (χ0n) is 13.5. The minimum absolute atomic E-state index is 0.0721. The molecule has 0 aromatic heterocycles. The van der Waals surface area contributed by atoms with Crippen LogP contribution in [0.2, 0.25) is 0 Å². The normalized spacial score (nSPS) is 18.7. The van der Waals surface area contributed by atoms with Gasteiger partial charge in [-0.05, 0) is 48.9 Å². The van der Waals surface area contributed by atoms with E-state index in [-0.39, 0.29) is 5.38 Å². The zero-order chi connectivity index (χ0) is 15.2. The summed E-state index contributed by atoms with van der Waals surface area (Å²) in [5.41, 5.74) is 2.38. The molecule has 1 fully saturated rings. The number of hydrogen-bond acceptors (Lipinski definition) is 2. The summed E-state index contributed by atoms with van der Waals surface area (Å²) in [6.07, 6.45) is 9.18. The minimum Gasteiger partial charge on any atom is -0.493 e. The van der Waals surface area contributed by atoms with E-state index in [4.69, 9.17) is 21.1 Å². The Morgan fingerprint density at radius 1 is 0.952 bits per heavy atom. The van der Waals surface area contributed by atoms with Crippen molar-refractivity contribution in [2.45, 2.75) is 57.2 Å². The summed E-state index contributed by atoms with van der Waals surface area (Å²) in [4.78, 5) is 0. The summed E-state index contributed by atoms with van der Waals surface area (Å²) >= 11 is 6.84. The fraction of sp³-hybridized carbons (Fsp3) is 0.667. The van der Waals surface area contributed by atoms with Crippen molar-refractivity contribution in [3.63, 3.8) is 0 Å². The maximum absolute atomic E-state index is 6.84. The van der Waals surface area contributed by atoms with Crippen LogP contribution in [0.5, 0.6) is 11.5 Å². The van der Waals surface area contributed by atoms with E-state index < -0.39 is 0 Å². The topological polar surface area (TPSA) is 18.5 Å². The fourth-order valence-electron chi connectivity index (χ4n) is 3.33. The van der Waals surface area contributed by atoms with Crippen molar-refractivity contribution in [3.05, 3.63) is 23.3 Å². The van der Waals surface area contributed by atoms with E-state index in [2.05, 4.69) is 13.0 Å². The Labute approximate surface area is 133 Å². The molecule has 118 valence electrons. The van der Waals surface area contributed by atoms with Gasteiger partial charge in [-0.3, -0.25) is 0 Å². The molecular formula is C18H27ClO2. The molecule has 2 nitrogen and oxygen atoms in total. The maximum atomic E-state index is 6.84. The second-order valence-corrected chi connectivity index (χ2v) is 6.54. The van der Waals surface area contributed by atoms with E-state index in [9.17, 15) is 0 Å². The van der Waals surface area contributed by atoms with Gasteiger partial charge in [0, 0.05) is 0 Å². The lowest BCUT2D eigenvalue weighted by molar-refractivity contribution is 0.350. The van der Waals surface area contributed by atoms with Crippen molar-refractivity contribution >= 4 is 11.6 Å². The van der Waals surface area contributed by atoms with Crippen LogP contribution in [0.4, 0.5) is 0 Å². The molecule has 0 saturated heterocycles. The van der Waals surface area contributed by atoms with Gasteiger partial charge in [0.1, 0.15) is 0 Å². The van der Waals surface area contributed by atoms with Gasteiger partial charge >= 0.3 is 0 Å². The van der Waals surface area contributed by atoms with Crippen LogP contribution in [0.1, 0.15) is 61.4 Å². The Bertz CT molecular complexity index is 451.